The average Bonchev–Trinajstić information content (AvgIpc) is 2.23. The van der Waals surface area contributed by atoms with E-state index >= 15 is 0 Å². The van der Waals surface area contributed by atoms with E-state index in [0.717, 1.165) is 11.3 Å². The summed E-state index contributed by atoms with van der Waals surface area (Å²) in [7, 11) is 1.87. The van der Waals surface area contributed by atoms with Gasteiger partial charge in [-0.15, -0.1) is 18.2 Å². The van der Waals surface area contributed by atoms with Crippen molar-refractivity contribution in [1.82, 2.24) is 5.32 Å². The van der Waals surface area contributed by atoms with Gasteiger partial charge in [0, 0.05) is 4.90 Å². The normalized spacial score (nSPS) is 12.1. The van der Waals surface area contributed by atoms with Crippen LogP contribution in [-0.2, 0) is 0 Å². The maximum Gasteiger partial charge on any atom is 0.0940 e. The second kappa shape index (κ2) is 5.74. The van der Waals surface area contributed by atoms with Gasteiger partial charge in [-0.25, -0.2) is 0 Å². The first-order valence-corrected chi connectivity index (χ1v) is 5.66. The summed E-state index contributed by atoms with van der Waals surface area (Å²) in [5.41, 5.74) is 1.15. The van der Waals surface area contributed by atoms with E-state index in [9.17, 15) is 0 Å². The van der Waals surface area contributed by atoms with E-state index in [0.29, 0.717) is 0 Å². The Kier molecular flexibility index (Phi) is 4.58. The number of rotatable bonds is 4. The van der Waals surface area contributed by atoms with Crippen molar-refractivity contribution in [3.05, 3.63) is 29.8 Å². The van der Waals surface area contributed by atoms with Crippen molar-refractivity contribution in [2.75, 3.05) is 12.8 Å². The summed E-state index contributed by atoms with van der Waals surface area (Å²) in [5, 5.41) is 3.08. The summed E-state index contributed by atoms with van der Waals surface area (Å²) >= 11 is 1.84. The predicted molar refractivity (Wildman–Crippen MR) is 63.5 cm³/mol. The van der Waals surface area contributed by atoms with Gasteiger partial charge in [0.2, 0.25) is 0 Å². The molecule has 0 aliphatic carbocycles. The Hall–Kier alpha value is -0.910. The summed E-state index contributed by atoms with van der Waals surface area (Å²) in [6.07, 6.45) is 5.39. The summed E-state index contributed by atoms with van der Waals surface area (Å²) in [6.45, 7) is 2.15. The molecule has 74 valence electrons. The molecule has 1 nitrogen and oxygen atoms in total. The fraction of sp³-hybridized carbons (Fsp3) is 0.333. The van der Waals surface area contributed by atoms with Crippen molar-refractivity contribution in [3.8, 4) is 12.3 Å². The standard InChI is InChI=1S/C12H15NS/c1-4-12(13-3)10-6-8-11(9-7-10)14-5-2/h1,6-9,12-13H,5H2,2-3H3. The maximum absolute atomic E-state index is 5.39. The van der Waals surface area contributed by atoms with E-state index in [1.54, 1.807) is 0 Å². The molecular formula is C12H15NS. The molecule has 0 spiro atoms. The molecule has 1 rings (SSSR count). The zero-order valence-electron chi connectivity index (χ0n) is 8.58. The van der Waals surface area contributed by atoms with Crippen molar-refractivity contribution in [3.63, 3.8) is 0 Å². The highest BCUT2D eigenvalue weighted by Gasteiger charge is 2.03. The van der Waals surface area contributed by atoms with E-state index in [4.69, 9.17) is 6.42 Å². The maximum atomic E-state index is 5.39. The molecule has 2 heteroatoms. The fourth-order valence-electron chi connectivity index (χ4n) is 1.27. The molecule has 14 heavy (non-hydrogen) atoms. The van der Waals surface area contributed by atoms with Crippen molar-refractivity contribution in [2.24, 2.45) is 0 Å². The average molecular weight is 205 g/mol. The lowest BCUT2D eigenvalue weighted by Crippen LogP contribution is -2.13. The minimum atomic E-state index is 0.0238. The molecule has 1 unspecified atom stereocenters. The largest absolute Gasteiger partial charge is 0.303 e. The molecule has 0 aliphatic heterocycles. The van der Waals surface area contributed by atoms with Crippen LogP contribution in [0.4, 0.5) is 0 Å². The second-order valence-corrected chi connectivity index (χ2v) is 4.23. The minimum absolute atomic E-state index is 0.0238. The monoisotopic (exact) mass is 205 g/mol. The molecule has 1 aromatic carbocycles. The quantitative estimate of drug-likeness (QED) is 0.599. The highest BCUT2D eigenvalue weighted by molar-refractivity contribution is 7.99. The van der Waals surface area contributed by atoms with Crippen LogP contribution in [0.15, 0.2) is 29.2 Å². The molecule has 1 N–H and O–H groups in total. The molecule has 0 saturated heterocycles. The van der Waals surface area contributed by atoms with Crippen LogP contribution in [0, 0.1) is 12.3 Å². The summed E-state index contributed by atoms with van der Waals surface area (Å²) in [6, 6.07) is 8.42. The number of thioether (sulfide) groups is 1. The van der Waals surface area contributed by atoms with Crippen LogP contribution in [0.1, 0.15) is 18.5 Å². The van der Waals surface area contributed by atoms with Crippen LogP contribution >= 0.6 is 11.8 Å². The number of benzene rings is 1. The molecule has 1 aromatic rings. The van der Waals surface area contributed by atoms with Gasteiger partial charge in [0.1, 0.15) is 0 Å². The zero-order chi connectivity index (χ0) is 10.4. The lowest BCUT2D eigenvalue weighted by molar-refractivity contribution is 0.736. The van der Waals surface area contributed by atoms with Gasteiger partial charge in [0.15, 0.2) is 0 Å². The molecular weight excluding hydrogens is 190 g/mol. The summed E-state index contributed by atoms with van der Waals surface area (Å²) in [5.74, 6) is 3.80. The summed E-state index contributed by atoms with van der Waals surface area (Å²) in [4.78, 5) is 1.29. The van der Waals surface area contributed by atoms with Crippen molar-refractivity contribution in [2.45, 2.75) is 17.9 Å². The number of hydrogen-bond donors (Lipinski definition) is 1. The number of hydrogen-bond acceptors (Lipinski definition) is 2. The summed E-state index contributed by atoms with van der Waals surface area (Å²) < 4.78 is 0. The number of terminal acetylenes is 1. The van der Waals surface area contributed by atoms with Gasteiger partial charge in [-0.2, -0.15) is 0 Å². The van der Waals surface area contributed by atoms with Crippen molar-refractivity contribution >= 4 is 11.8 Å². The molecule has 0 fully saturated rings. The Labute approximate surface area is 90.3 Å². The Morgan fingerprint density at radius 3 is 2.50 bits per heavy atom. The van der Waals surface area contributed by atoms with Crippen LogP contribution in [0.2, 0.25) is 0 Å². The molecule has 0 bridgehead atoms. The molecule has 0 aromatic heterocycles. The van der Waals surface area contributed by atoms with E-state index in [2.05, 4.69) is 42.4 Å². The molecule has 0 saturated carbocycles. The second-order valence-electron chi connectivity index (χ2n) is 2.89. The third-order valence-corrected chi connectivity index (χ3v) is 2.87. The van der Waals surface area contributed by atoms with Crippen LogP contribution < -0.4 is 5.32 Å². The van der Waals surface area contributed by atoms with Gasteiger partial charge in [-0.3, -0.25) is 0 Å². The van der Waals surface area contributed by atoms with Crippen LogP contribution in [-0.4, -0.2) is 12.8 Å². The number of nitrogens with one attached hydrogen (secondary N) is 1. The zero-order valence-corrected chi connectivity index (χ0v) is 9.40. The van der Waals surface area contributed by atoms with E-state index in [-0.39, 0.29) is 6.04 Å². The molecule has 1 atom stereocenters. The Morgan fingerprint density at radius 2 is 2.07 bits per heavy atom. The molecule has 0 amide bonds. The molecule has 0 aliphatic rings. The SMILES string of the molecule is C#CC(NC)c1ccc(SCC)cc1. The first kappa shape index (κ1) is 11.2. The first-order chi connectivity index (χ1) is 6.81. The van der Waals surface area contributed by atoms with Crippen molar-refractivity contribution < 1.29 is 0 Å². The fourth-order valence-corrected chi connectivity index (χ4v) is 1.93. The van der Waals surface area contributed by atoms with Crippen molar-refractivity contribution in [1.29, 1.82) is 0 Å². The van der Waals surface area contributed by atoms with Gasteiger partial charge in [0.25, 0.3) is 0 Å². The first-order valence-electron chi connectivity index (χ1n) is 4.68. The predicted octanol–water partition coefficient (Wildman–Crippen LogP) is 2.69. The molecule has 0 heterocycles. The highest BCUT2D eigenvalue weighted by Crippen LogP contribution is 2.20. The van der Waals surface area contributed by atoms with E-state index < -0.39 is 0 Å². The lowest BCUT2D eigenvalue weighted by Gasteiger charge is -2.09. The Bertz CT molecular complexity index is 310. The lowest BCUT2D eigenvalue weighted by atomic mass is 10.1. The van der Waals surface area contributed by atoms with Crippen LogP contribution in [0.5, 0.6) is 0 Å². The van der Waals surface area contributed by atoms with E-state index in [1.165, 1.54) is 4.90 Å². The van der Waals surface area contributed by atoms with Gasteiger partial charge >= 0.3 is 0 Å². The topological polar surface area (TPSA) is 12.0 Å². The van der Waals surface area contributed by atoms with Gasteiger partial charge in [-0.05, 0) is 30.5 Å². The van der Waals surface area contributed by atoms with Crippen LogP contribution in [0.3, 0.4) is 0 Å². The Balaban J connectivity index is 2.77. The van der Waals surface area contributed by atoms with Gasteiger partial charge < -0.3 is 5.32 Å². The molecule has 0 radical (unpaired) electrons. The van der Waals surface area contributed by atoms with E-state index in [1.807, 2.05) is 18.8 Å². The minimum Gasteiger partial charge on any atom is -0.303 e. The van der Waals surface area contributed by atoms with Crippen LogP contribution in [0.25, 0.3) is 0 Å². The third kappa shape index (κ3) is 2.80. The Morgan fingerprint density at radius 1 is 1.43 bits per heavy atom. The highest BCUT2D eigenvalue weighted by atomic mass is 32.2. The third-order valence-electron chi connectivity index (χ3n) is 1.98. The van der Waals surface area contributed by atoms with Gasteiger partial charge in [0.05, 0.1) is 6.04 Å². The van der Waals surface area contributed by atoms with Gasteiger partial charge in [-0.1, -0.05) is 25.0 Å². The smallest absolute Gasteiger partial charge is 0.0940 e.